The van der Waals surface area contributed by atoms with Crippen molar-refractivity contribution in [2.75, 3.05) is 6.61 Å². The summed E-state index contributed by atoms with van der Waals surface area (Å²) in [6.07, 6.45) is 13.1. The first kappa shape index (κ1) is 19.4. The molecule has 0 amide bonds. The molecule has 3 heteroatoms. The highest BCUT2D eigenvalue weighted by Crippen LogP contribution is 2.56. The highest BCUT2D eigenvalue weighted by atomic mass is 19.2. The van der Waals surface area contributed by atoms with Crippen molar-refractivity contribution < 1.29 is 13.5 Å². The van der Waals surface area contributed by atoms with E-state index < -0.39 is 11.6 Å². The van der Waals surface area contributed by atoms with Gasteiger partial charge in [-0.1, -0.05) is 31.6 Å². The zero-order valence-corrected chi connectivity index (χ0v) is 16.1. The van der Waals surface area contributed by atoms with Gasteiger partial charge in [0, 0.05) is 0 Å². The molecule has 26 heavy (non-hydrogen) atoms. The third-order valence-electron chi connectivity index (χ3n) is 6.53. The quantitative estimate of drug-likeness (QED) is 0.357. The van der Waals surface area contributed by atoms with Crippen LogP contribution >= 0.6 is 0 Å². The topological polar surface area (TPSA) is 9.23 Å². The van der Waals surface area contributed by atoms with E-state index in [-0.39, 0.29) is 11.7 Å². The van der Waals surface area contributed by atoms with Crippen LogP contribution in [0.1, 0.15) is 76.7 Å². The minimum atomic E-state index is -0.801. The predicted octanol–water partition coefficient (Wildman–Crippen LogP) is 7.02. The smallest absolute Gasteiger partial charge is 0.200 e. The summed E-state index contributed by atoms with van der Waals surface area (Å²) in [7, 11) is 0. The van der Waals surface area contributed by atoms with Crippen molar-refractivity contribution in [3.8, 4) is 5.75 Å². The maximum Gasteiger partial charge on any atom is 0.200 e. The van der Waals surface area contributed by atoms with Crippen LogP contribution in [-0.4, -0.2) is 6.61 Å². The number of ether oxygens (including phenoxy) is 1. The van der Waals surface area contributed by atoms with Gasteiger partial charge < -0.3 is 4.74 Å². The number of rotatable bonds is 8. The Bertz CT molecular complexity index is 625. The van der Waals surface area contributed by atoms with Crippen molar-refractivity contribution in [2.45, 2.75) is 71.1 Å². The lowest BCUT2D eigenvalue weighted by molar-refractivity contribution is 0.286. The Morgan fingerprint density at radius 2 is 1.88 bits per heavy atom. The lowest BCUT2D eigenvalue weighted by atomic mass is 9.84. The minimum Gasteiger partial charge on any atom is -0.490 e. The zero-order chi connectivity index (χ0) is 18.5. The maximum absolute atomic E-state index is 14.8. The summed E-state index contributed by atoms with van der Waals surface area (Å²) in [6, 6.07) is 3.41. The van der Waals surface area contributed by atoms with Crippen molar-refractivity contribution in [3.05, 3.63) is 41.5 Å². The maximum atomic E-state index is 14.8. The molecule has 0 saturated heterocycles. The second kappa shape index (κ2) is 9.01. The normalized spacial score (nSPS) is 28.0. The summed E-state index contributed by atoms with van der Waals surface area (Å²) in [4.78, 5) is 0. The van der Waals surface area contributed by atoms with Gasteiger partial charge in [-0.15, -0.1) is 0 Å². The fraction of sp³-hybridized carbons (Fsp3) is 0.652. The molecular weight excluding hydrogens is 330 g/mol. The Morgan fingerprint density at radius 3 is 2.65 bits per heavy atom. The third-order valence-corrected chi connectivity index (χ3v) is 6.53. The SMILES string of the molecule is CC=CCCC1CCC2C(c3ccc(OCCCC)c(F)c3F)CCC12. The molecule has 0 aromatic heterocycles. The molecule has 2 fully saturated rings. The van der Waals surface area contributed by atoms with E-state index in [1.165, 1.54) is 12.8 Å². The summed E-state index contributed by atoms with van der Waals surface area (Å²) in [5, 5.41) is 0. The van der Waals surface area contributed by atoms with E-state index in [0.29, 0.717) is 24.0 Å². The van der Waals surface area contributed by atoms with Gasteiger partial charge in [0.15, 0.2) is 11.6 Å². The van der Waals surface area contributed by atoms with E-state index in [1.807, 2.05) is 6.92 Å². The largest absolute Gasteiger partial charge is 0.490 e. The van der Waals surface area contributed by atoms with Crippen LogP contribution in [0.15, 0.2) is 24.3 Å². The first-order valence-corrected chi connectivity index (χ1v) is 10.4. The monoisotopic (exact) mass is 362 g/mol. The van der Waals surface area contributed by atoms with Crippen molar-refractivity contribution >= 4 is 0 Å². The van der Waals surface area contributed by atoms with Gasteiger partial charge in [-0.2, -0.15) is 4.39 Å². The standard InChI is InChI=1S/C23H32F2O/c1-3-5-7-8-16-9-10-18-17(16)11-12-19(18)20-13-14-21(23(25)22(20)24)26-15-6-4-2/h3,5,13-14,16-19H,4,6-12,15H2,1-2H3. The summed E-state index contributed by atoms with van der Waals surface area (Å²) in [5.74, 6) is 0.716. The number of benzene rings is 1. The van der Waals surface area contributed by atoms with Gasteiger partial charge in [-0.25, -0.2) is 4.39 Å². The van der Waals surface area contributed by atoms with Gasteiger partial charge in [0.05, 0.1) is 6.61 Å². The molecule has 3 rings (SSSR count). The van der Waals surface area contributed by atoms with Crippen molar-refractivity contribution in [2.24, 2.45) is 17.8 Å². The lowest BCUT2D eigenvalue weighted by Crippen LogP contribution is -2.14. The van der Waals surface area contributed by atoms with Crippen LogP contribution < -0.4 is 4.74 Å². The molecule has 0 heterocycles. The average molecular weight is 363 g/mol. The van der Waals surface area contributed by atoms with Crippen LogP contribution in [-0.2, 0) is 0 Å². The molecule has 0 N–H and O–H groups in total. The fourth-order valence-electron chi connectivity index (χ4n) is 5.21. The number of hydrogen-bond donors (Lipinski definition) is 0. The van der Waals surface area contributed by atoms with Crippen LogP contribution in [0.3, 0.4) is 0 Å². The molecule has 1 aromatic rings. The number of fused-ring (bicyclic) bond motifs is 1. The first-order valence-electron chi connectivity index (χ1n) is 10.4. The minimum absolute atomic E-state index is 0.0601. The Labute approximate surface area is 156 Å². The second-order valence-electron chi connectivity index (χ2n) is 7.98. The highest BCUT2D eigenvalue weighted by molar-refractivity contribution is 5.34. The van der Waals surface area contributed by atoms with Gasteiger partial charge >= 0.3 is 0 Å². The van der Waals surface area contributed by atoms with E-state index >= 15 is 0 Å². The molecule has 144 valence electrons. The number of unbranched alkanes of at least 4 members (excludes halogenated alkanes) is 1. The molecule has 0 spiro atoms. The van der Waals surface area contributed by atoms with E-state index in [0.717, 1.165) is 44.4 Å². The Balaban J connectivity index is 1.69. The van der Waals surface area contributed by atoms with E-state index in [4.69, 9.17) is 4.74 Å². The van der Waals surface area contributed by atoms with Crippen molar-refractivity contribution in [3.63, 3.8) is 0 Å². The summed E-state index contributed by atoms with van der Waals surface area (Å²) in [6.45, 7) is 4.55. The van der Waals surface area contributed by atoms with Crippen molar-refractivity contribution in [1.29, 1.82) is 0 Å². The van der Waals surface area contributed by atoms with E-state index in [1.54, 1.807) is 12.1 Å². The Morgan fingerprint density at radius 1 is 1.08 bits per heavy atom. The summed E-state index contributed by atoms with van der Waals surface area (Å²) >= 11 is 0. The average Bonchev–Trinajstić information content (AvgIpc) is 3.22. The number of allylic oxidation sites excluding steroid dienone is 2. The van der Waals surface area contributed by atoms with E-state index in [9.17, 15) is 8.78 Å². The van der Waals surface area contributed by atoms with Gasteiger partial charge in [-0.3, -0.25) is 0 Å². The molecule has 1 nitrogen and oxygen atoms in total. The van der Waals surface area contributed by atoms with Crippen LogP contribution in [0.2, 0.25) is 0 Å². The molecule has 0 aliphatic heterocycles. The molecule has 0 bridgehead atoms. The highest BCUT2D eigenvalue weighted by Gasteiger charge is 2.45. The van der Waals surface area contributed by atoms with Crippen molar-refractivity contribution in [1.82, 2.24) is 0 Å². The number of hydrogen-bond acceptors (Lipinski definition) is 1. The Hall–Kier alpha value is -1.38. The lowest BCUT2D eigenvalue weighted by Gasteiger charge is -2.22. The molecule has 2 aliphatic carbocycles. The van der Waals surface area contributed by atoms with Gasteiger partial charge in [-0.05, 0) is 87.2 Å². The molecular formula is C23H32F2O. The van der Waals surface area contributed by atoms with Crippen LogP contribution in [0.25, 0.3) is 0 Å². The van der Waals surface area contributed by atoms with Crippen LogP contribution in [0.5, 0.6) is 5.75 Å². The molecule has 2 aliphatic rings. The van der Waals surface area contributed by atoms with Gasteiger partial charge in [0.2, 0.25) is 5.82 Å². The van der Waals surface area contributed by atoms with Crippen LogP contribution in [0, 0.1) is 29.4 Å². The molecule has 4 atom stereocenters. The zero-order valence-electron chi connectivity index (χ0n) is 16.1. The molecule has 4 unspecified atom stereocenters. The fourth-order valence-corrected chi connectivity index (χ4v) is 5.21. The van der Waals surface area contributed by atoms with Gasteiger partial charge in [0.1, 0.15) is 0 Å². The third kappa shape index (κ3) is 3.97. The summed E-state index contributed by atoms with van der Waals surface area (Å²) in [5.41, 5.74) is 0.576. The molecule has 2 saturated carbocycles. The predicted molar refractivity (Wildman–Crippen MR) is 102 cm³/mol. The second-order valence-corrected chi connectivity index (χ2v) is 7.98. The Kier molecular flexibility index (Phi) is 6.72. The van der Waals surface area contributed by atoms with Gasteiger partial charge in [0.25, 0.3) is 0 Å². The van der Waals surface area contributed by atoms with Crippen LogP contribution in [0.4, 0.5) is 8.78 Å². The molecule has 1 aromatic carbocycles. The van der Waals surface area contributed by atoms with E-state index in [2.05, 4.69) is 19.1 Å². The number of halogens is 2. The first-order chi connectivity index (χ1) is 12.7. The molecule has 0 radical (unpaired) electrons. The summed E-state index contributed by atoms with van der Waals surface area (Å²) < 4.78 is 34.6.